The molecule has 0 radical (unpaired) electrons. The van der Waals surface area contributed by atoms with Gasteiger partial charge in [-0.25, -0.2) is 8.42 Å². The molecule has 0 unspecified atom stereocenters. The van der Waals surface area contributed by atoms with E-state index in [1.54, 1.807) is 49.5 Å². The summed E-state index contributed by atoms with van der Waals surface area (Å²) in [4.78, 5) is 12.9. The molecule has 1 N–H and O–H groups in total. The highest BCUT2D eigenvalue weighted by Crippen LogP contribution is 2.20. The van der Waals surface area contributed by atoms with Crippen LogP contribution in [0, 0.1) is 0 Å². The molecule has 0 aromatic heterocycles. The molecule has 0 spiro atoms. The molecule has 0 saturated heterocycles. The van der Waals surface area contributed by atoms with E-state index in [9.17, 15) is 13.2 Å². The number of rotatable bonds is 4. The minimum absolute atomic E-state index is 0.0902. The first-order valence-electron chi connectivity index (χ1n) is 6.32. The zero-order valence-electron chi connectivity index (χ0n) is 11.8. The summed E-state index contributed by atoms with van der Waals surface area (Å²) in [7, 11) is -1.94. The second-order valence-corrected chi connectivity index (χ2v) is 6.23. The maximum Gasteiger partial charge on any atom is 0.261 e. The lowest BCUT2D eigenvalue weighted by Gasteiger charge is -2.15. The van der Waals surface area contributed by atoms with Crippen LogP contribution in [0.3, 0.4) is 0 Å². The van der Waals surface area contributed by atoms with Crippen LogP contribution in [0.2, 0.25) is 0 Å². The first-order chi connectivity index (χ1) is 9.90. The Hall–Kier alpha value is -2.34. The average Bonchev–Trinajstić information content (AvgIpc) is 2.48. The summed E-state index contributed by atoms with van der Waals surface area (Å²) in [5.74, 6) is -0.0902. The van der Waals surface area contributed by atoms with Crippen molar-refractivity contribution in [3.05, 3.63) is 54.6 Å². The maximum absolute atomic E-state index is 12.2. The highest BCUT2D eigenvalue weighted by molar-refractivity contribution is 7.92. The lowest BCUT2D eigenvalue weighted by Crippen LogP contribution is -2.22. The first kappa shape index (κ1) is 15.1. The van der Waals surface area contributed by atoms with Crippen LogP contribution < -0.4 is 9.62 Å². The molecular formula is C15H16N2O3S. The third-order valence-corrected chi connectivity index (χ3v) is 4.43. The van der Waals surface area contributed by atoms with Crippen molar-refractivity contribution in [2.75, 3.05) is 16.7 Å². The molecule has 0 bridgehead atoms. The van der Waals surface area contributed by atoms with Crippen molar-refractivity contribution in [3.63, 3.8) is 0 Å². The number of carbonyl (C=O) groups excluding carboxylic acids is 1. The molecule has 0 aliphatic carbocycles. The fraction of sp³-hybridized carbons (Fsp3) is 0.133. The molecule has 0 aliphatic rings. The molecule has 2 aromatic rings. The van der Waals surface area contributed by atoms with Crippen LogP contribution >= 0.6 is 0 Å². The van der Waals surface area contributed by atoms with Crippen LogP contribution in [0.15, 0.2) is 59.5 Å². The minimum atomic E-state index is -3.59. The molecule has 0 fully saturated rings. The Morgan fingerprint density at radius 3 is 2.10 bits per heavy atom. The lowest BCUT2D eigenvalue weighted by molar-refractivity contribution is -0.116. The van der Waals surface area contributed by atoms with E-state index in [-0.39, 0.29) is 10.8 Å². The summed E-state index contributed by atoms with van der Waals surface area (Å²) in [6.45, 7) is 1.46. The normalized spacial score (nSPS) is 11.0. The number of hydrogen-bond acceptors (Lipinski definition) is 3. The molecule has 0 heterocycles. The third kappa shape index (κ3) is 3.61. The Kier molecular flexibility index (Phi) is 4.28. The summed E-state index contributed by atoms with van der Waals surface area (Å²) >= 11 is 0. The van der Waals surface area contributed by atoms with E-state index in [1.165, 1.54) is 24.0 Å². The van der Waals surface area contributed by atoms with E-state index in [1.807, 2.05) is 0 Å². The van der Waals surface area contributed by atoms with Crippen molar-refractivity contribution in [2.24, 2.45) is 0 Å². The van der Waals surface area contributed by atoms with Crippen LogP contribution in [0.5, 0.6) is 0 Å². The van der Waals surface area contributed by atoms with E-state index >= 15 is 0 Å². The molecule has 5 nitrogen and oxygen atoms in total. The van der Waals surface area contributed by atoms with E-state index in [2.05, 4.69) is 4.72 Å². The standard InChI is InChI=1S/C15H16N2O3S/c1-12(18)17(2)14-10-8-13(9-11-14)16-21(19,20)15-6-4-3-5-7-15/h3-11,16H,1-2H3. The summed E-state index contributed by atoms with van der Waals surface area (Å²) in [5, 5.41) is 0. The lowest BCUT2D eigenvalue weighted by atomic mass is 10.2. The van der Waals surface area contributed by atoms with Gasteiger partial charge < -0.3 is 4.90 Å². The Labute approximate surface area is 124 Å². The fourth-order valence-electron chi connectivity index (χ4n) is 1.75. The van der Waals surface area contributed by atoms with Crippen LogP contribution in [0.25, 0.3) is 0 Å². The zero-order valence-corrected chi connectivity index (χ0v) is 12.6. The van der Waals surface area contributed by atoms with E-state index < -0.39 is 10.0 Å². The smallest absolute Gasteiger partial charge is 0.261 e. The van der Waals surface area contributed by atoms with Crippen LogP contribution in [0.1, 0.15) is 6.92 Å². The number of amides is 1. The molecule has 2 aromatic carbocycles. The third-order valence-electron chi connectivity index (χ3n) is 3.03. The van der Waals surface area contributed by atoms with Gasteiger partial charge in [0, 0.05) is 25.3 Å². The van der Waals surface area contributed by atoms with Gasteiger partial charge in [0.1, 0.15) is 0 Å². The van der Waals surface area contributed by atoms with Crippen molar-refractivity contribution < 1.29 is 13.2 Å². The van der Waals surface area contributed by atoms with Gasteiger partial charge in [-0.15, -0.1) is 0 Å². The number of nitrogens with zero attached hydrogens (tertiary/aromatic N) is 1. The highest BCUT2D eigenvalue weighted by Gasteiger charge is 2.13. The van der Waals surface area contributed by atoms with Crippen molar-refractivity contribution in [3.8, 4) is 0 Å². The average molecular weight is 304 g/mol. The summed E-state index contributed by atoms with van der Waals surface area (Å²) in [5.41, 5.74) is 1.14. The topological polar surface area (TPSA) is 66.5 Å². The highest BCUT2D eigenvalue weighted by atomic mass is 32.2. The fourth-order valence-corrected chi connectivity index (χ4v) is 2.83. The Morgan fingerprint density at radius 2 is 1.57 bits per heavy atom. The second kappa shape index (κ2) is 5.97. The summed E-state index contributed by atoms with van der Waals surface area (Å²) in [6.07, 6.45) is 0. The van der Waals surface area contributed by atoms with Gasteiger partial charge in [-0.2, -0.15) is 0 Å². The largest absolute Gasteiger partial charge is 0.316 e. The van der Waals surface area contributed by atoms with Gasteiger partial charge in [0.05, 0.1) is 4.90 Å². The summed E-state index contributed by atoms with van der Waals surface area (Å²) in [6, 6.07) is 14.8. The van der Waals surface area contributed by atoms with Gasteiger partial charge in [-0.05, 0) is 36.4 Å². The molecule has 6 heteroatoms. The van der Waals surface area contributed by atoms with Crippen molar-refractivity contribution in [1.29, 1.82) is 0 Å². The van der Waals surface area contributed by atoms with E-state index in [0.717, 1.165) is 0 Å². The number of carbonyl (C=O) groups is 1. The second-order valence-electron chi connectivity index (χ2n) is 4.54. The van der Waals surface area contributed by atoms with Crippen molar-refractivity contribution >= 4 is 27.3 Å². The van der Waals surface area contributed by atoms with E-state index in [4.69, 9.17) is 0 Å². The van der Waals surface area contributed by atoms with Crippen molar-refractivity contribution in [2.45, 2.75) is 11.8 Å². The molecule has 0 atom stereocenters. The Bertz CT molecular complexity index is 725. The predicted molar refractivity (Wildman–Crippen MR) is 82.8 cm³/mol. The monoisotopic (exact) mass is 304 g/mol. The maximum atomic E-state index is 12.2. The molecule has 2 rings (SSSR count). The number of hydrogen-bond donors (Lipinski definition) is 1. The number of nitrogens with one attached hydrogen (secondary N) is 1. The number of anilines is 2. The number of sulfonamides is 1. The molecular weight excluding hydrogens is 288 g/mol. The van der Waals surface area contributed by atoms with Crippen molar-refractivity contribution in [1.82, 2.24) is 0 Å². The van der Waals surface area contributed by atoms with Crippen LogP contribution in [0.4, 0.5) is 11.4 Å². The molecule has 0 saturated carbocycles. The minimum Gasteiger partial charge on any atom is -0.316 e. The van der Waals surface area contributed by atoms with Crippen LogP contribution in [-0.2, 0) is 14.8 Å². The predicted octanol–water partition coefficient (Wildman–Crippen LogP) is 2.47. The Morgan fingerprint density at radius 1 is 1.00 bits per heavy atom. The number of benzene rings is 2. The molecule has 0 aliphatic heterocycles. The molecule has 21 heavy (non-hydrogen) atoms. The Balaban J connectivity index is 2.19. The first-order valence-corrected chi connectivity index (χ1v) is 7.81. The van der Waals surface area contributed by atoms with E-state index in [0.29, 0.717) is 11.4 Å². The van der Waals surface area contributed by atoms with Gasteiger partial charge >= 0.3 is 0 Å². The molecule has 1 amide bonds. The van der Waals surface area contributed by atoms with Gasteiger partial charge in [0.15, 0.2) is 0 Å². The molecule has 110 valence electrons. The van der Waals surface area contributed by atoms with Crippen LogP contribution in [-0.4, -0.2) is 21.4 Å². The van der Waals surface area contributed by atoms with Gasteiger partial charge in [0.25, 0.3) is 10.0 Å². The SMILES string of the molecule is CC(=O)N(C)c1ccc(NS(=O)(=O)c2ccccc2)cc1. The van der Waals surface area contributed by atoms with Gasteiger partial charge in [-0.1, -0.05) is 18.2 Å². The van der Waals surface area contributed by atoms with Gasteiger partial charge in [0.2, 0.25) is 5.91 Å². The summed E-state index contributed by atoms with van der Waals surface area (Å²) < 4.78 is 26.8. The zero-order chi connectivity index (χ0) is 15.5. The van der Waals surface area contributed by atoms with Gasteiger partial charge in [-0.3, -0.25) is 9.52 Å². The quantitative estimate of drug-likeness (QED) is 0.943.